The molecule has 2 N–H and O–H groups in total. The van der Waals surface area contributed by atoms with Gasteiger partial charge in [0.1, 0.15) is 0 Å². The summed E-state index contributed by atoms with van der Waals surface area (Å²) < 4.78 is -0.626. The van der Waals surface area contributed by atoms with E-state index in [1.54, 1.807) is 0 Å². The Labute approximate surface area is 272 Å². The molecule has 0 saturated heterocycles. The van der Waals surface area contributed by atoms with Crippen LogP contribution < -0.4 is 10.6 Å². The third-order valence-electron chi connectivity index (χ3n) is 7.58. The molecule has 5 aromatic carbocycles. The third-order valence-corrected chi connectivity index (χ3v) is 11.6. The van der Waals surface area contributed by atoms with Gasteiger partial charge in [-0.3, -0.25) is 4.79 Å². The van der Waals surface area contributed by atoms with Gasteiger partial charge in [0.25, 0.3) is 0 Å². The van der Waals surface area contributed by atoms with E-state index in [2.05, 4.69) is 159 Å². The second kappa shape index (κ2) is 16.1. The summed E-state index contributed by atoms with van der Waals surface area (Å²) in [5.41, 5.74) is 6.17. The predicted molar refractivity (Wildman–Crippen MR) is 193 cm³/mol. The fourth-order valence-corrected chi connectivity index (χ4v) is 8.75. The summed E-state index contributed by atoms with van der Waals surface area (Å²) >= 11 is 3.73. The van der Waals surface area contributed by atoms with Crippen LogP contribution >= 0.6 is 32.8 Å². The molecule has 1 amide bonds. The molecule has 5 rings (SSSR count). The van der Waals surface area contributed by atoms with Crippen molar-refractivity contribution in [3.05, 3.63) is 179 Å². The molecule has 1 atom stereocenters. The van der Waals surface area contributed by atoms with E-state index in [1.165, 1.54) is 27.8 Å². The Hall–Kier alpha value is -3.34. The van der Waals surface area contributed by atoms with E-state index in [1.807, 2.05) is 35.7 Å². The van der Waals surface area contributed by atoms with E-state index in [4.69, 9.17) is 0 Å². The van der Waals surface area contributed by atoms with E-state index in [0.29, 0.717) is 13.1 Å². The minimum atomic E-state index is -0.383. The Kier molecular flexibility index (Phi) is 11.7. The van der Waals surface area contributed by atoms with Crippen LogP contribution in [0.4, 0.5) is 0 Å². The second-order valence-electron chi connectivity index (χ2n) is 10.5. The quantitative estimate of drug-likeness (QED) is 0.0698. The van der Waals surface area contributed by atoms with Crippen molar-refractivity contribution >= 4 is 38.7 Å². The molecule has 0 spiro atoms. The van der Waals surface area contributed by atoms with Crippen molar-refractivity contribution in [3.8, 4) is 0 Å². The van der Waals surface area contributed by atoms with Crippen LogP contribution in [-0.2, 0) is 14.0 Å². The molecule has 224 valence electrons. The van der Waals surface area contributed by atoms with Crippen LogP contribution in [-0.4, -0.2) is 37.0 Å². The molecule has 6 heteroatoms. The summed E-state index contributed by atoms with van der Waals surface area (Å²) in [5, 5.41) is 6.48. The van der Waals surface area contributed by atoms with E-state index in [0.717, 1.165) is 18.1 Å². The van der Waals surface area contributed by atoms with E-state index in [9.17, 15) is 4.79 Å². The monoisotopic (exact) mass is 634 g/mol. The summed E-state index contributed by atoms with van der Waals surface area (Å²) in [6.45, 7) is 1.62. The number of nitrogens with one attached hydrogen (secondary N) is 2. The Morgan fingerprint density at radius 1 is 0.523 bits per heavy atom. The van der Waals surface area contributed by atoms with Crippen LogP contribution in [0.2, 0.25) is 0 Å². The molecule has 0 heterocycles. The van der Waals surface area contributed by atoms with Crippen LogP contribution in [0.25, 0.3) is 0 Å². The maximum absolute atomic E-state index is 12.8. The number of carbonyl (C=O) groups excluding carboxylic acids is 1. The van der Waals surface area contributed by atoms with Crippen LogP contribution in [0, 0.1) is 0 Å². The highest BCUT2D eigenvalue weighted by molar-refractivity contribution is 8.03. The third kappa shape index (κ3) is 7.83. The molecular weight excluding hydrogens is 596 g/mol. The van der Waals surface area contributed by atoms with Gasteiger partial charge >= 0.3 is 0 Å². The van der Waals surface area contributed by atoms with Crippen LogP contribution in [0.3, 0.4) is 0 Å². The zero-order valence-corrected chi connectivity index (χ0v) is 27.6. The standard InChI is InChI=1S/C38H39N2OPS2/c41-36(30-39-26-28-44-38(42,34-22-12-4-13-23-34)35-24-14-5-15-25-35)40-27-29-43-37(31-16-6-1-7-17-31,32-18-8-2-9-19-32)33-20-10-3-11-21-33/h1-25,39H,26-30,42H2,(H,40,41). The van der Waals surface area contributed by atoms with Gasteiger partial charge in [0.15, 0.2) is 0 Å². The van der Waals surface area contributed by atoms with Gasteiger partial charge in [-0.15, -0.1) is 32.8 Å². The van der Waals surface area contributed by atoms with Crippen molar-refractivity contribution in [3.63, 3.8) is 0 Å². The first kappa shape index (κ1) is 32.1. The van der Waals surface area contributed by atoms with Crippen molar-refractivity contribution < 1.29 is 4.79 Å². The molecule has 0 aliphatic rings. The lowest BCUT2D eigenvalue weighted by atomic mass is 9.84. The Morgan fingerprint density at radius 3 is 1.30 bits per heavy atom. The number of thioether (sulfide) groups is 2. The number of rotatable bonds is 15. The Bertz CT molecular complexity index is 1420. The van der Waals surface area contributed by atoms with E-state index < -0.39 is 0 Å². The lowest BCUT2D eigenvalue weighted by Gasteiger charge is -2.35. The van der Waals surface area contributed by atoms with Crippen molar-refractivity contribution in [2.75, 3.05) is 31.1 Å². The largest absolute Gasteiger partial charge is 0.354 e. The summed E-state index contributed by atoms with van der Waals surface area (Å²) in [7, 11) is 3.07. The first-order chi connectivity index (χ1) is 21.6. The Balaban J connectivity index is 1.15. The lowest BCUT2D eigenvalue weighted by molar-refractivity contribution is -0.120. The number of carbonyl (C=O) groups is 1. The van der Waals surface area contributed by atoms with Gasteiger partial charge in [-0.05, 0) is 27.8 Å². The Morgan fingerprint density at radius 2 is 0.886 bits per heavy atom. The number of hydrogen-bond donors (Lipinski definition) is 2. The van der Waals surface area contributed by atoms with Crippen molar-refractivity contribution in [1.82, 2.24) is 10.6 Å². The molecule has 44 heavy (non-hydrogen) atoms. The molecule has 5 aromatic rings. The maximum Gasteiger partial charge on any atom is 0.233 e. The zero-order valence-electron chi connectivity index (χ0n) is 24.8. The normalized spacial score (nSPS) is 11.7. The molecule has 0 fully saturated rings. The molecule has 1 unspecified atom stereocenters. The summed E-state index contributed by atoms with van der Waals surface area (Å²) in [4.78, 5) is 12.8. The van der Waals surface area contributed by atoms with Gasteiger partial charge in [0, 0.05) is 24.6 Å². The molecule has 0 bridgehead atoms. The fraction of sp³-hybridized carbons (Fsp3) is 0.184. The topological polar surface area (TPSA) is 41.1 Å². The SMILES string of the molecule is O=C(CNCCSC(P)(c1ccccc1)c1ccccc1)NCCSC(c1ccccc1)(c1ccccc1)c1ccccc1. The molecule has 0 aliphatic heterocycles. The first-order valence-electron chi connectivity index (χ1n) is 14.9. The average molecular weight is 635 g/mol. The second-order valence-corrected chi connectivity index (χ2v) is 14.4. The van der Waals surface area contributed by atoms with E-state index >= 15 is 0 Å². The minimum Gasteiger partial charge on any atom is -0.354 e. The van der Waals surface area contributed by atoms with Gasteiger partial charge in [-0.1, -0.05) is 152 Å². The summed E-state index contributed by atoms with van der Waals surface area (Å²) in [6, 6.07) is 53.1. The highest BCUT2D eigenvalue weighted by atomic mass is 32.2. The molecule has 0 saturated carbocycles. The van der Waals surface area contributed by atoms with Gasteiger partial charge in [0.2, 0.25) is 5.91 Å². The molecular formula is C38H39N2OPS2. The highest BCUT2D eigenvalue weighted by Gasteiger charge is 2.36. The van der Waals surface area contributed by atoms with Crippen molar-refractivity contribution in [2.45, 2.75) is 9.24 Å². The van der Waals surface area contributed by atoms with Gasteiger partial charge in [0.05, 0.1) is 15.8 Å². The number of hydrogen-bond acceptors (Lipinski definition) is 4. The smallest absolute Gasteiger partial charge is 0.233 e. The lowest BCUT2D eigenvalue weighted by Crippen LogP contribution is -2.36. The molecule has 3 nitrogen and oxygen atoms in total. The maximum atomic E-state index is 12.8. The van der Waals surface area contributed by atoms with Crippen LogP contribution in [0.1, 0.15) is 27.8 Å². The zero-order chi connectivity index (χ0) is 30.5. The molecule has 0 radical (unpaired) electrons. The van der Waals surface area contributed by atoms with Crippen molar-refractivity contribution in [2.24, 2.45) is 0 Å². The average Bonchev–Trinajstić information content (AvgIpc) is 3.10. The van der Waals surface area contributed by atoms with Crippen molar-refractivity contribution in [1.29, 1.82) is 0 Å². The van der Waals surface area contributed by atoms with E-state index in [-0.39, 0.29) is 15.1 Å². The van der Waals surface area contributed by atoms with Gasteiger partial charge in [-0.25, -0.2) is 0 Å². The van der Waals surface area contributed by atoms with Crippen LogP contribution in [0.5, 0.6) is 0 Å². The summed E-state index contributed by atoms with van der Waals surface area (Å²) in [6.07, 6.45) is 0. The highest BCUT2D eigenvalue weighted by Crippen LogP contribution is 2.49. The molecule has 0 aliphatic carbocycles. The van der Waals surface area contributed by atoms with Gasteiger partial charge < -0.3 is 10.6 Å². The minimum absolute atomic E-state index is 0.0172. The van der Waals surface area contributed by atoms with Gasteiger partial charge in [-0.2, -0.15) is 0 Å². The first-order valence-corrected chi connectivity index (χ1v) is 17.5. The fourth-order valence-electron chi connectivity index (χ4n) is 5.42. The molecule has 0 aromatic heterocycles. The number of amides is 1. The number of benzene rings is 5. The van der Waals surface area contributed by atoms with Crippen LogP contribution in [0.15, 0.2) is 152 Å². The predicted octanol–water partition coefficient (Wildman–Crippen LogP) is 7.93. The summed E-state index contributed by atoms with van der Waals surface area (Å²) in [5.74, 6) is 1.65.